The lowest BCUT2D eigenvalue weighted by Gasteiger charge is -2.32. The molecule has 0 aromatic carbocycles. The molecule has 1 saturated carbocycles. The van der Waals surface area contributed by atoms with E-state index < -0.39 is 0 Å². The average Bonchev–Trinajstić information content (AvgIpc) is 2.79. The molecule has 0 radical (unpaired) electrons. The van der Waals surface area contributed by atoms with Crippen molar-refractivity contribution in [1.82, 2.24) is 10.1 Å². The predicted molar refractivity (Wildman–Crippen MR) is 71.4 cm³/mol. The number of aromatic nitrogens is 2. The number of hydrogen-bond donors (Lipinski definition) is 1. The molecule has 1 aliphatic rings. The van der Waals surface area contributed by atoms with Crippen LogP contribution >= 0.6 is 0 Å². The van der Waals surface area contributed by atoms with Gasteiger partial charge in [-0.15, -0.1) is 0 Å². The SMILES string of the molecule is CC1(C)CCC(c2noc(C(C)(C)CN)n2)CC1. The minimum absolute atomic E-state index is 0.223. The van der Waals surface area contributed by atoms with Crippen LogP contribution < -0.4 is 5.73 Å². The van der Waals surface area contributed by atoms with E-state index in [9.17, 15) is 0 Å². The highest BCUT2D eigenvalue weighted by molar-refractivity contribution is 5.05. The molecule has 102 valence electrons. The maximum Gasteiger partial charge on any atom is 0.233 e. The van der Waals surface area contributed by atoms with Gasteiger partial charge in [-0.25, -0.2) is 0 Å². The van der Waals surface area contributed by atoms with Crippen molar-refractivity contribution in [2.75, 3.05) is 6.54 Å². The topological polar surface area (TPSA) is 64.9 Å². The number of nitrogens with two attached hydrogens (primary N) is 1. The van der Waals surface area contributed by atoms with Crippen LogP contribution in [-0.4, -0.2) is 16.7 Å². The fourth-order valence-corrected chi connectivity index (χ4v) is 2.42. The van der Waals surface area contributed by atoms with E-state index in [0.717, 1.165) is 18.7 Å². The zero-order valence-electron chi connectivity index (χ0n) is 12.0. The second-order valence-electron chi connectivity index (χ2n) is 6.98. The zero-order valence-corrected chi connectivity index (χ0v) is 12.0. The first-order valence-electron chi connectivity index (χ1n) is 6.88. The molecule has 0 bridgehead atoms. The summed E-state index contributed by atoms with van der Waals surface area (Å²) in [4.78, 5) is 4.57. The fourth-order valence-electron chi connectivity index (χ4n) is 2.42. The Morgan fingerprint density at radius 2 is 1.94 bits per heavy atom. The van der Waals surface area contributed by atoms with Crippen molar-refractivity contribution in [2.45, 2.75) is 64.7 Å². The van der Waals surface area contributed by atoms with Gasteiger partial charge in [0.05, 0.1) is 5.41 Å². The highest BCUT2D eigenvalue weighted by atomic mass is 16.5. The lowest BCUT2D eigenvalue weighted by molar-refractivity contribution is 0.218. The standard InChI is InChI=1S/C14H25N3O/c1-13(2)7-5-10(6-8-13)11-16-12(18-17-11)14(3,4)9-15/h10H,5-9,15H2,1-4H3. The first-order chi connectivity index (χ1) is 8.34. The van der Waals surface area contributed by atoms with Crippen molar-refractivity contribution in [3.63, 3.8) is 0 Å². The third kappa shape index (κ3) is 2.74. The average molecular weight is 251 g/mol. The van der Waals surface area contributed by atoms with Gasteiger partial charge in [0.2, 0.25) is 5.89 Å². The van der Waals surface area contributed by atoms with Gasteiger partial charge >= 0.3 is 0 Å². The van der Waals surface area contributed by atoms with E-state index in [-0.39, 0.29) is 5.41 Å². The van der Waals surface area contributed by atoms with Crippen molar-refractivity contribution in [3.05, 3.63) is 11.7 Å². The first kappa shape index (κ1) is 13.5. The van der Waals surface area contributed by atoms with Gasteiger partial charge in [-0.1, -0.05) is 19.0 Å². The Morgan fingerprint density at radius 1 is 1.33 bits per heavy atom. The highest BCUT2D eigenvalue weighted by Gasteiger charge is 2.32. The summed E-state index contributed by atoms with van der Waals surface area (Å²) in [6, 6.07) is 0. The molecule has 0 unspecified atom stereocenters. The third-order valence-electron chi connectivity index (χ3n) is 4.24. The summed E-state index contributed by atoms with van der Waals surface area (Å²) < 4.78 is 5.38. The normalized spacial score (nSPS) is 21.2. The van der Waals surface area contributed by atoms with E-state index in [1.165, 1.54) is 12.8 Å². The second-order valence-corrected chi connectivity index (χ2v) is 6.98. The summed E-state index contributed by atoms with van der Waals surface area (Å²) in [5, 5.41) is 4.16. The Balaban J connectivity index is 2.08. The van der Waals surface area contributed by atoms with Gasteiger partial charge in [0, 0.05) is 12.5 Å². The maximum absolute atomic E-state index is 5.73. The van der Waals surface area contributed by atoms with E-state index in [4.69, 9.17) is 10.3 Å². The molecular formula is C14H25N3O. The van der Waals surface area contributed by atoms with Crippen LogP contribution in [0, 0.1) is 5.41 Å². The lowest BCUT2D eigenvalue weighted by atomic mass is 9.73. The van der Waals surface area contributed by atoms with Crippen LogP contribution in [-0.2, 0) is 5.41 Å². The van der Waals surface area contributed by atoms with Crippen molar-refractivity contribution >= 4 is 0 Å². The molecule has 1 aliphatic carbocycles. The molecule has 1 aromatic heterocycles. The lowest BCUT2D eigenvalue weighted by Crippen LogP contribution is -2.28. The van der Waals surface area contributed by atoms with E-state index in [1.807, 2.05) is 13.8 Å². The van der Waals surface area contributed by atoms with E-state index in [2.05, 4.69) is 24.0 Å². The molecule has 2 N–H and O–H groups in total. The molecule has 4 nitrogen and oxygen atoms in total. The highest BCUT2D eigenvalue weighted by Crippen LogP contribution is 2.41. The van der Waals surface area contributed by atoms with Gasteiger partial charge in [-0.05, 0) is 44.9 Å². The molecule has 1 fully saturated rings. The van der Waals surface area contributed by atoms with Crippen LogP contribution in [0.4, 0.5) is 0 Å². The number of rotatable bonds is 3. The van der Waals surface area contributed by atoms with Crippen LogP contribution in [0.5, 0.6) is 0 Å². The van der Waals surface area contributed by atoms with Crippen LogP contribution in [0.2, 0.25) is 0 Å². The quantitative estimate of drug-likeness (QED) is 0.897. The molecule has 0 spiro atoms. The summed E-state index contributed by atoms with van der Waals surface area (Å²) in [6.45, 7) is 9.26. The van der Waals surface area contributed by atoms with Crippen LogP contribution in [0.15, 0.2) is 4.52 Å². The first-order valence-corrected chi connectivity index (χ1v) is 6.88. The monoisotopic (exact) mass is 251 g/mol. The van der Waals surface area contributed by atoms with E-state index >= 15 is 0 Å². The van der Waals surface area contributed by atoms with Gasteiger partial charge in [-0.2, -0.15) is 4.98 Å². The Kier molecular flexibility index (Phi) is 3.49. The minimum Gasteiger partial charge on any atom is -0.339 e. The van der Waals surface area contributed by atoms with Crippen LogP contribution in [0.1, 0.15) is 71.0 Å². The second kappa shape index (κ2) is 4.65. The molecule has 18 heavy (non-hydrogen) atoms. The van der Waals surface area contributed by atoms with E-state index in [0.29, 0.717) is 23.8 Å². The maximum atomic E-state index is 5.73. The van der Waals surface area contributed by atoms with Gasteiger partial charge in [0.25, 0.3) is 0 Å². The zero-order chi connectivity index (χ0) is 13.4. The molecule has 0 amide bonds. The number of nitrogens with zero attached hydrogens (tertiary/aromatic N) is 2. The van der Waals surface area contributed by atoms with Gasteiger partial charge in [-0.3, -0.25) is 0 Å². The molecule has 0 aliphatic heterocycles. The number of hydrogen-bond acceptors (Lipinski definition) is 4. The molecule has 2 rings (SSSR count). The molecule has 1 aromatic rings. The third-order valence-corrected chi connectivity index (χ3v) is 4.24. The summed E-state index contributed by atoms with van der Waals surface area (Å²) in [7, 11) is 0. The van der Waals surface area contributed by atoms with Gasteiger partial charge < -0.3 is 10.3 Å². The van der Waals surface area contributed by atoms with E-state index in [1.54, 1.807) is 0 Å². The molecule has 0 atom stereocenters. The van der Waals surface area contributed by atoms with Gasteiger partial charge in [0.1, 0.15) is 0 Å². The summed E-state index contributed by atoms with van der Waals surface area (Å²) >= 11 is 0. The summed E-state index contributed by atoms with van der Waals surface area (Å²) in [5.74, 6) is 2.01. The van der Waals surface area contributed by atoms with Crippen molar-refractivity contribution in [3.8, 4) is 0 Å². The smallest absolute Gasteiger partial charge is 0.233 e. The van der Waals surface area contributed by atoms with Crippen molar-refractivity contribution in [2.24, 2.45) is 11.1 Å². The Labute approximate surface area is 109 Å². The van der Waals surface area contributed by atoms with Crippen molar-refractivity contribution < 1.29 is 4.52 Å². The van der Waals surface area contributed by atoms with Crippen LogP contribution in [0.25, 0.3) is 0 Å². The Bertz CT molecular complexity index is 399. The van der Waals surface area contributed by atoms with Gasteiger partial charge in [0.15, 0.2) is 5.82 Å². The van der Waals surface area contributed by atoms with Crippen LogP contribution in [0.3, 0.4) is 0 Å². The largest absolute Gasteiger partial charge is 0.339 e. The molecule has 0 saturated heterocycles. The molecule has 4 heteroatoms. The molecular weight excluding hydrogens is 226 g/mol. The van der Waals surface area contributed by atoms with Crippen molar-refractivity contribution in [1.29, 1.82) is 0 Å². The fraction of sp³-hybridized carbons (Fsp3) is 0.857. The summed E-state index contributed by atoms with van der Waals surface area (Å²) in [5.41, 5.74) is 5.98. The minimum atomic E-state index is -0.223. The predicted octanol–water partition coefficient (Wildman–Crippen LogP) is 2.99. The Hall–Kier alpha value is -0.900. The molecule has 1 heterocycles. The summed E-state index contributed by atoms with van der Waals surface area (Å²) in [6.07, 6.45) is 4.80. The Morgan fingerprint density at radius 3 is 2.50 bits per heavy atom.